The van der Waals surface area contributed by atoms with Gasteiger partial charge in [-0.3, -0.25) is 4.79 Å². The second-order valence-corrected chi connectivity index (χ2v) is 6.29. The molecule has 2 rings (SSSR count). The van der Waals surface area contributed by atoms with Crippen LogP contribution in [-0.2, 0) is 4.79 Å². The molecular weight excluding hydrogens is 236 g/mol. The van der Waals surface area contributed by atoms with Gasteiger partial charge in [-0.1, -0.05) is 26.0 Å². The maximum atomic E-state index is 12.4. The topological polar surface area (TPSA) is 32.3 Å². The second-order valence-electron chi connectivity index (χ2n) is 6.29. The molecule has 0 aromatic heterocycles. The molecule has 104 valence electrons. The molecule has 1 amide bonds. The number of aryl methyl sites for hydroxylation is 1. The SMILES string of the molecule is Cc1cccc(N2CC(C)(C)CNCCC2=O)c1C. The highest BCUT2D eigenvalue weighted by Gasteiger charge is 2.28. The van der Waals surface area contributed by atoms with Crippen molar-refractivity contribution in [2.75, 3.05) is 24.5 Å². The van der Waals surface area contributed by atoms with Crippen LogP contribution in [0.3, 0.4) is 0 Å². The molecule has 3 nitrogen and oxygen atoms in total. The van der Waals surface area contributed by atoms with Gasteiger partial charge in [-0.15, -0.1) is 0 Å². The molecule has 3 heteroatoms. The molecule has 1 aliphatic heterocycles. The molecule has 0 unspecified atom stereocenters. The summed E-state index contributed by atoms with van der Waals surface area (Å²) in [6.45, 7) is 11.1. The number of amides is 1. The van der Waals surface area contributed by atoms with Crippen LogP contribution in [0.15, 0.2) is 18.2 Å². The largest absolute Gasteiger partial charge is 0.316 e. The Labute approximate surface area is 116 Å². The predicted octanol–water partition coefficient (Wildman–Crippen LogP) is 2.66. The number of rotatable bonds is 1. The van der Waals surface area contributed by atoms with E-state index >= 15 is 0 Å². The van der Waals surface area contributed by atoms with Gasteiger partial charge in [0.15, 0.2) is 0 Å². The molecule has 1 aromatic carbocycles. The van der Waals surface area contributed by atoms with Crippen LogP contribution < -0.4 is 10.2 Å². The highest BCUT2D eigenvalue weighted by atomic mass is 16.2. The van der Waals surface area contributed by atoms with Crippen molar-refractivity contribution in [1.29, 1.82) is 0 Å². The number of carbonyl (C=O) groups is 1. The van der Waals surface area contributed by atoms with Crippen molar-refractivity contribution >= 4 is 11.6 Å². The van der Waals surface area contributed by atoms with Crippen LogP contribution in [0.5, 0.6) is 0 Å². The van der Waals surface area contributed by atoms with Crippen LogP contribution in [0.1, 0.15) is 31.4 Å². The Kier molecular flexibility index (Phi) is 3.95. The molecule has 19 heavy (non-hydrogen) atoms. The third-order valence-electron chi connectivity index (χ3n) is 3.87. The molecule has 0 radical (unpaired) electrons. The van der Waals surface area contributed by atoms with Crippen LogP contribution in [-0.4, -0.2) is 25.5 Å². The van der Waals surface area contributed by atoms with Gasteiger partial charge in [0.25, 0.3) is 0 Å². The molecule has 1 heterocycles. The standard InChI is InChI=1S/C16H24N2O/c1-12-6-5-7-14(13(12)2)18-11-16(3,4)10-17-9-8-15(18)19/h5-7,17H,8-11H2,1-4H3. The minimum absolute atomic E-state index is 0.0895. The van der Waals surface area contributed by atoms with Gasteiger partial charge in [0.05, 0.1) is 0 Å². The molecular formula is C16H24N2O. The average molecular weight is 260 g/mol. The summed E-state index contributed by atoms with van der Waals surface area (Å²) in [6.07, 6.45) is 0.573. The van der Waals surface area contributed by atoms with Gasteiger partial charge in [0.1, 0.15) is 0 Å². The smallest absolute Gasteiger partial charge is 0.228 e. The van der Waals surface area contributed by atoms with Crippen molar-refractivity contribution in [3.63, 3.8) is 0 Å². The Morgan fingerprint density at radius 3 is 2.74 bits per heavy atom. The van der Waals surface area contributed by atoms with E-state index in [9.17, 15) is 4.79 Å². The van der Waals surface area contributed by atoms with E-state index in [-0.39, 0.29) is 11.3 Å². The molecule has 0 atom stereocenters. The summed E-state index contributed by atoms with van der Waals surface area (Å²) in [6, 6.07) is 6.19. The van der Waals surface area contributed by atoms with Gasteiger partial charge < -0.3 is 10.2 Å². The zero-order valence-corrected chi connectivity index (χ0v) is 12.4. The fourth-order valence-corrected chi connectivity index (χ4v) is 2.58. The highest BCUT2D eigenvalue weighted by Crippen LogP contribution is 2.28. The lowest BCUT2D eigenvalue weighted by Gasteiger charge is -2.36. The van der Waals surface area contributed by atoms with Gasteiger partial charge in [-0.05, 0) is 36.5 Å². The number of nitrogens with zero attached hydrogens (tertiary/aromatic N) is 1. The molecule has 0 aliphatic carbocycles. The van der Waals surface area contributed by atoms with Gasteiger partial charge in [-0.25, -0.2) is 0 Å². The van der Waals surface area contributed by atoms with E-state index in [0.717, 1.165) is 25.3 Å². The Morgan fingerprint density at radius 2 is 2.00 bits per heavy atom. The monoisotopic (exact) mass is 260 g/mol. The summed E-state index contributed by atoms with van der Waals surface area (Å²) in [5.41, 5.74) is 3.61. The number of benzene rings is 1. The van der Waals surface area contributed by atoms with E-state index in [4.69, 9.17) is 0 Å². The average Bonchev–Trinajstić information content (AvgIpc) is 2.34. The molecule has 1 fully saturated rings. The molecule has 0 spiro atoms. The first-order chi connectivity index (χ1) is 8.91. The van der Waals surface area contributed by atoms with E-state index in [2.05, 4.69) is 45.1 Å². The van der Waals surface area contributed by atoms with Crippen LogP contribution in [0.4, 0.5) is 5.69 Å². The second kappa shape index (κ2) is 5.33. The summed E-state index contributed by atoms with van der Waals surface area (Å²) in [7, 11) is 0. The first-order valence-electron chi connectivity index (χ1n) is 6.98. The van der Waals surface area contributed by atoms with Crippen molar-refractivity contribution < 1.29 is 4.79 Å². The summed E-state index contributed by atoms with van der Waals surface area (Å²) in [4.78, 5) is 14.4. The quantitative estimate of drug-likeness (QED) is 0.842. The minimum atomic E-state index is 0.0895. The summed E-state index contributed by atoms with van der Waals surface area (Å²) >= 11 is 0. The Hall–Kier alpha value is -1.35. The maximum Gasteiger partial charge on any atom is 0.228 e. The van der Waals surface area contributed by atoms with E-state index in [1.807, 2.05) is 11.0 Å². The fourth-order valence-electron chi connectivity index (χ4n) is 2.58. The van der Waals surface area contributed by atoms with Crippen LogP contribution in [0.25, 0.3) is 0 Å². The summed E-state index contributed by atoms with van der Waals surface area (Å²) in [5, 5.41) is 3.36. The number of nitrogens with one attached hydrogen (secondary N) is 1. The van der Waals surface area contributed by atoms with E-state index in [1.165, 1.54) is 11.1 Å². The third-order valence-corrected chi connectivity index (χ3v) is 3.87. The van der Waals surface area contributed by atoms with Crippen molar-refractivity contribution in [2.45, 2.75) is 34.1 Å². The number of anilines is 1. The van der Waals surface area contributed by atoms with Gasteiger partial charge in [0, 0.05) is 31.7 Å². The highest BCUT2D eigenvalue weighted by molar-refractivity contribution is 5.94. The zero-order valence-electron chi connectivity index (χ0n) is 12.4. The van der Waals surface area contributed by atoms with E-state index in [1.54, 1.807) is 0 Å². The van der Waals surface area contributed by atoms with Crippen molar-refractivity contribution in [2.24, 2.45) is 5.41 Å². The first-order valence-corrected chi connectivity index (χ1v) is 6.98. The maximum absolute atomic E-state index is 12.4. The zero-order chi connectivity index (χ0) is 14.0. The lowest BCUT2D eigenvalue weighted by Crippen LogP contribution is -2.47. The Morgan fingerprint density at radius 1 is 1.26 bits per heavy atom. The molecule has 0 bridgehead atoms. The van der Waals surface area contributed by atoms with E-state index in [0.29, 0.717) is 6.42 Å². The van der Waals surface area contributed by atoms with Crippen LogP contribution in [0, 0.1) is 19.3 Å². The lowest BCUT2D eigenvalue weighted by atomic mass is 9.91. The molecule has 1 aromatic rings. The molecule has 1 saturated heterocycles. The normalized spacial score (nSPS) is 20.0. The number of carbonyl (C=O) groups excluding carboxylic acids is 1. The molecule has 1 aliphatic rings. The number of hydrogen-bond acceptors (Lipinski definition) is 2. The van der Waals surface area contributed by atoms with Gasteiger partial charge >= 0.3 is 0 Å². The van der Waals surface area contributed by atoms with Gasteiger partial charge in [0.2, 0.25) is 5.91 Å². The van der Waals surface area contributed by atoms with E-state index < -0.39 is 0 Å². The number of hydrogen-bond donors (Lipinski definition) is 1. The fraction of sp³-hybridized carbons (Fsp3) is 0.562. The first kappa shape index (κ1) is 14.1. The van der Waals surface area contributed by atoms with Gasteiger partial charge in [-0.2, -0.15) is 0 Å². The minimum Gasteiger partial charge on any atom is -0.316 e. The van der Waals surface area contributed by atoms with Crippen molar-refractivity contribution in [3.05, 3.63) is 29.3 Å². The van der Waals surface area contributed by atoms with Crippen LogP contribution >= 0.6 is 0 Å². The van der Waals surface area contributed by atoms with Crippen molar-refractivity contribution in [1.82, 2.24) is 5.32 Å². The molecule has 1 N–H and O–H groups in total. The summed E-state index contributed by atoms with van der Waals surface area (Å²) < 4.78 is 0. The predicted molar refractivity (Wildman–Crippen MR) is 79.5 cm³/mol. The Balaban J connectivity index is 2.38. The lowest BCUT2D eigenvalue weighted by molar-refractivity contribution is -0.119. The Bertz CT molecular complexity index is 480. The summed E-state index contributed by atoms with van der Waals surface area (Å²) in [5.74, 6) is 0.217. The van der Waals surface area contributed by atoms with Crippen LogP contribution in [0.2, 0.25) is 0 Å². The molecule has 0 saturated carbocycles. The van der Waals surface area contributed by atoms with Crippen molar-refractivity contribution in [3.8, 4) is 0 Å². The third kappa shape index (κ3) is 3.16.